The van der Waals surface area contributed by atoms with E-state index < -0.39 is 0 Å². The van der Waals surface area contributed by atoms with E-state index in [9.17, 15) is 4.79 Å². The Balaban J connectivity index is 2.51. The van der Waals surface area contributed by atoms with Crippen LogP contribution < -0.4 is 5.73 Å². The zero-order valence-corrected chi connectivity index (χ0v) is 7.49. The minimum Gasteiger partial charge on any atom is -0.335 e. The van der Waals surface area contributed by atoms with Crippen molar-refractivity contribution in [3.05, 3.63) is 12.7 Å². The van der Waals surface area contributed by atoms with Crippen molar-refractivity contribution in [1.29, 1.82) is 0 Å². The van der Waals surface area contributed by atoms with Crippen molar-refractivity contribution in [1.82, 2.24) is 4.90 Å². The van der Waals surface area contributed by atoms with Gasteiger partial charge in [-0.05, 0) is 19.8 Å². The highest BCUT2D eigenvalue weighted by Gasteiger charge is 2.32. The van der Waals surface area contributed by atoms with Crippen LogP contribution in [-0.4, -0.2) is 29.4 Å². The van der Waals surface area contributed by atoms with Crippen LogP contribution in [0, 0.1) is 0 Å². The monoisotopic (exact) mass is 168 g/mol. The molecule has 0 aromatic heterocycles. The molecule has 1 atom stereocenters. The number of rotatable bonds is 4. The summed E-state index contributed by atoms with van der Waals surface area (Å²) in [5.41, 5.74) is 5.51. The van der Waals surface area contributed by atoms with Crippen LogP contribution in [0.2, 0.25) is 0 Å². The molecular weight excluding hydrogens is 152 g/mol. The van der Waals surface area contributed by atoms with Crippen molar-refractivity contribution in [3.8, 4) is 0 Å². The zero-order valence-electron chi connectivity index (χ0n) is 7.49. The quantitative estimate of drug-likeness (QED) is 0.622. The van der Waals surface area contributed by atoms with E-state index >= 15 is 0 Å². The molecule has 2 N–H and O–H groups in total. The Morgan fingerprint density at radius 2 is 2.42 bits per heavy atom. The third kappa shape index (κ3) is 2.08. The minimum absolute atomic E-state index is 0.0393. The predicted octanol–water partition coefficient (Wildman–Crippen LogP) is 0.511. The largest absolute Gasteiger partial charge is 0.335 e. The minimum atomic E-state index is -0.384. The summed E-state index contributed by atoms with van der Waals surface area (Å²) in [6.45, 7) is 5.97. The first-order chi connectivity index (χ1) is 5.66. The highest BCUT2D eigenvalue weighted by molar-refractivity contribution is 5.81. The van der Waals surface area contributed by atoms with Crippen LogP contribution in [0.4, 0.5) is 0 Å². The fraction of sp³-hybridized carbons (Fsp3) is 0.667. The second-order valence-electron chi connectivity index (χ2n) is 3.30. The number of amides is 1. The van der Waals surface area contributed by atoms with Crippen LogP contribution in [0.5, 0.6) is 0 Å². The van der Waals surface area contributed by atoms with E-state index in [1.807, 2.05) is 4.90 Å². The van der Waals surface area contributed by atoms with Crippen LogP contribution in [0.15, 0.2) is 12.7 Å². The van der Waals surface area contributed by atoms with Crippen LogP contribution in [0.1, 0.15) is 19.8 Å². The molecule has 1 aliphatic carbocycles. The number of carbonyl (C=O) groups is 1. The summed E-state index contributed by atoms with van der Waals surface area (Å²) >= 11 is 0. The maximum atomic E-state index is 11.5. The molecule has 3 heteroatoms. The van der Waals surface area contributed by atoms with Crippen molar-refractivity contribution in [2.45, 2.75) is 31.8 Å². The Labute approximate surface area is 73.2 Å². The average Bonchev–Trinajstić information content (AvgIpc) is 2.81. The Hall–Kier alpha value is -0.830. The Bertz CT molecular complexity index is 185. The number of nitrogens with two attached hydrogens (primary N) is 1. The fourth-order valence-electron chi connectivity index (χ4n) is 1.21. The lowest BCUT2D eigenvalue weighted by molar-refractivity contribution is -0.132. The second-order valence-corrected chi connectivity index (χ2v) is 3.30. The summed E-state index contributed by atoms with van der Waals surface area (Å²) in [5, 5.41) is 0. The molecule has 1 amide bonds. The molecule has 3 nitrogen and oxygen atoms in total. The van der Waals surface area contributed by atoms with Crippen LogP contribution in [-0.2, 0) is 4.79 Å². The molecule has 1 saturated carbocycles. The molecule has 0 bridgehead atoms. The molecule has 0 aromatic carbocycles. The first kappa shape index (κ1) is 9.26. The molecule has 0 radical (unpaired) electrons. The summed E-state index contributed by atoms with van der Waals surface area (Å²) in [4.78, 5) is 13.3. The van der Waals surface area contributed by atoms with E-state index in [2.05, 4.69) is 6.58 Å². The molecule has 1 fully saturated rings. The van der Waals surface area contributed by atoms with E-state index in [4.69, 9.17) is 5.73 Å². The van der Waals surface area contributed by atoms with Crippen molar-refractivity contribution < 1.29 is 4.79 Å². The molecule has 1 unspecified atom stereocenters. The van der Waals surface area contributed by atoms with Crippen LogP contribution >= 0.6 is 0 Å². The maximum absolute atomic E-state index is 11.5. The van der Waals surface area contributed by atoms with Gasteiger partial charge in [0.2, 0.25) is 5.91 Å². The average molecular weight is 168 g/mol. The molecule has 1 aliphatic rings. The van der Waals surface area contributed by atoms with Crippen molar-refractivity contribution in [2.75, 3.05) is 6.54 Å². The molecule has 68 valence electrons. The van der Waals surface area contributed by atoms with Gasteiger partial charge in [-0.15, -0.1) is 6.58 Å². The maximum Gasteiger partial charge on any atom is 0.239 e. The SMILES string of the molecule is C=CCN(C(=O)C(C)N)C1CC1. The predicted molar refractivity (Wildman–Crippen MR) is 48.6 cm³/mol. The third-order valence-corrected chi connectivity index (χ3v) is 1.99. The molecule has 0 saturated heterocycles. The fourth-order valence-corrected chi connectivity index (χ4v) is 1.21. The van der Waals surface area contributed by atoms with Gasteiger partial charge in [-0.1, -0.05) is 6.08 Å². The number of hydrogen-bond acceptors (Lipinski definition) is 2. The van der Waals surface area contributed by atoms with E-state index in [0.717, 1.165) is 12.8 Å². The number of carbonyl (C=O) groups excluding carboxylic acids is 1. The Morgan fingerprint density at radius 3 is 2.75 bits per heavy atom. The van der Waals surface area contributed by atoms with Gasteiger partial charge < -0.3 is 10.6 Å². The third-order valence-electron chi connectivity index (χ3n) is 1.99. The molecule has 0 spiro atoms. The van der Waals surface area contributed by atoms with Crippen LogP contribution in [0.3, 0.4) is 0 Å². The molecule has 0 heterocycles. The zero-order chi connectivity index (χ0) is 9.14. The van der Waals surface area contributed by atoms with Gasteiger partial charge in [0.1, 0.15) is 0 Å². The summed E-state index contributed by atoms with van der Waals surface area (Å²) in [6, 6.07) is 0.0482. The van der Waals surface area contributed by atoms with Gasteiger partial charge in [0.05, 0.1) is 6.04 Å². The highest BCUT2D eigenvalue weighted by atomic mass is 16.2. The van der Waals surface area contributed by atoms with Gasteiger partial charge in [0.15, 0.2) is 0 Å². The van der Waals surface area contributed by atoms with Crippen LogP contribution in [0.25, 0.3) is 0 Å². The molecule has 12 heavy (non-hydrogen) atoms. The first-order valence-electron chi connectivity index (χ1n) is 4.33. The lowest BCUT2D eigenvalue weighted by Crippen LogP contribution is -2.43. The van der Waals surface area contributed by atoms with Gasteiger partial charge in [-0.25, -0.2) is 0 Å². The summed E-state index contributed by atoms with van der Waals surface area (Å²) in [6.07, 6.45) is 3.98. The van der Waals surface area contributed by atoms with Gasteiger partial charge in [-0.2, -0.15) is 0 Å². The van der Waals surface area contributed by atoms with E-state index in [0.29, 0.717) is 12.6 Å². The Morgan fingerprint density at radius 1 is 1.83 bits per heavy atom. The molecule has 0 aromatic rings. The van der Waals surface area contributed by atoms with Gasteiger partial charge >= 0.3 is 0 Å². The molecular formula is C9H16N2O. The van der Waals surface area contributed by atoms with E-state index in [-0.39, 0.29) is 11.9 Å². The molecule has 0 aliphatic heterocycles. The smallest absolute Gasteiger partial charge is 0.239 e. The lowest BCUT2D eigenvalue weighted by atomic mass is 10.3. The van der Waals surface area contributed by atoms with E-state index in [1.54, 1.807) is 13.0 Å². The summed E-state index contributed by atoms with van der Waals surface area (Å²) < 4.78 is 0. The number of hydrogen-bond donors (Lipinski definition) is 1. The lowest BCUT2D eigenvalue weighted by Gasteiger charge is -2.22. The summed E-state index contributed by atoms with van der Waals surface area (Å²) in [5.74, 6) is 0.0393. The Kier molecular flexibility index (Phi) is 2.87. The second kappa shape index (κ2) is 3.72. The topological polar surface area (TPSA) is 46.3 Å². The normalized spacial score (nSPS) is 18.5. The van der Waals surface area contributed by atoms with Crippen molar-refractivity contribution in [2.24, 2.45) is 5.73 Å². The van der Waals surface area contributed by atoms with Gasteiger partial charge in [-0.3, -0.25) is 4.79 Å². The number of nitrogens with zero attached hydrogens (tertiary/aromatic N) is 1. The summed E-state index contributed by atoms with van der Waals surface area (Å²) in [7, 11) is 0. The van der Waals surface area contributed by atoms with Gasteiger partial charge in [0, 0.05) is 12.6 Å². The first-order valence-corrected chi connectivity index (χ1v) is 4.33. The van der Waals surface area contributed by atoms with Crippen molar-refractivity contribution >= 4 is 5.91 Å². The highest BCUT2D eigenvalue weighted by Crippen LogP contribution is 2.26. The standard InChI is InChI=1S/C9H16N2O/c1-3-6-11(8-4-5-8)9(12)7(2)10/h3,7-8H,1,4-6,10H2,2H3. The van der Waals surface area contributed by atoms with Gasteiger partial charge in [0.25, 0.3) is 0 Å². The van der Waals surface area contributed by atoms with E-state index in [1.165, 1.54) is 0 Å². The molecule has 1 rings (SSSR count). The van der Waals surface area contributed by atoms with Crippen molar-refractivity contribution in [3.63, 3.8) is 0 Å².